The van der Waals surface area contributed by atoms with E-state index in [1.54, 1.807) is 12.1 Å². The quantitative estimate of drug-likeness (QED) is 0.108. The number of nitro groups is 1. The summed E-state index contributed by atoms with van der Waals surface area (Å²) in [6, 6.07) is 30.1. The number of non-ortho nitro benzene ring substituents is 1. The zero-order valence-electron chi connectivity index (χ0n) is 21.5. The van der Waals surface area contributed by atoms with Crippen LogP contribution in [-0.2, 0) is 6.54 Å². The van der Waals surface area contributed by atoms with E-state index < -0.39 is 4.92 Å². The van der Waals surface area contributed by atoms with Crippen LogP contribution < -0.4 is 5.56 Å². The molecule has 0 atom stereocenters. The molecule has 0 spiro atoms. The fourth-order valence-electron chi connectivity index (χ4n) is 5.06. The number of nitrogens with zero attached hydrogens (tertiary/aromatic N) is 4. The van der Waals surface area contributed by atoms with Crippen LogP contribution in [0.3, 0.4) is 0 Å². The second-order valence-corrected chi connectivity index (χ2v) is 10.7. The number of rotatable bonds is 6. The van der Waals surface area contributed by atoms with Crippen LogP contribution in [0.4, 0.5) is 5.69 Å². The highest BCUT2D eigenvalue weighted by Crippen LogP contribution is 2.29. The molecule has 2 heterocycles. The van der Waals surface area contributed by atoms with Crippen molar-refractivity contribution in [3.05, 3.63) is 144 Å². The van der Waals surface area contributed by atoms with Gasteiger partial charge in [0.25, 0.3) is 11.2 Å². The number of fused-ring (bicyclic) bond motifs is 2. The zero-order chi connectivity index (χ0) is 27.8. The van der Waals surface area contributed by atoms with Crippen molar-refractivity contribution in [2.24, 2.45) is 0 Å². The highest BCUT2D eigenvalue weighted by atomic mass is 127. The van der Waals surface area contributed by atoms with Gasteiger partial charge in [0.1, 0.15) is 5.82 Å². The van der Waals surface area contributed by atoms with Crippen LogP contribution in [0.1, 0.15) is 22.6 Å². The number of aromatic nitrogens is 3. The largest absolute Gasteiger partial charge is 0.340 e. The van der Waals surface area contributed by atoms with Gasteiger partial charge in [0, 0.05) is 44.4 Å². The molecular weight excluding hydrogens is 615 g/mol. The van der Waals surface area contributed by atoms with Gasteiger partial charge >= 0.3 is 0 Å². The molecule has 8 heteroatoms. The van der Waals surface area contributed by atoms with Gasteiger partial charge in [-0.3, -0.25) is 19.5 Å². The van der Waals surface area contributed by atoms with Gasteiger partial charge in [-0.05, 0) is 83.6 Å². The molecule has 0 aliphatic rings. The molecule has 7 nitrogen and oxygen atoms in total. The van der Waals surface area contributed by atoms with Crippen LogP contribution in [-0.4, -0.2) is 19.0 Å². The van der Waals surface area contributed by atoms with Crippen molar-refractivity contribution >= 4 is 62.2 Å². The molecule has 0 bridgehead atoms. The van der Waals surface area contributed by atoms with Gasteiger partial charge in [-0.25, -0.2) is 4.98 Å². The molecule has 2 aromatic heterocycles. The number of benzene rings is 4. The van der Waals surface area contributed by atoms with E-state index in [1.807, 2.05) is 60.7 Å². The Hall–Kier alpha value is -4.57. The molecule has 0 saturated heterocycles. The minimum Gasteiger partial charge on any atom is -0.340 e. The van der Waals surface area contributed by atoms with Crippen LogP contribution in [0, 0.1) is 20.6 Å². The van der Waals surface area contributed by atoms with E-state index in [1.165, 1.54) is 22.3 Å². The summed E-state index contributed by atoms with van der Waals surface area (Å²) in [4.78, 5) is 29.4. The van der Waals surface area contributed by atoms with E-state index in [4.69, 9.17) is 4.98 Å². The van der Waals surface area contributed by atoms with E-state index in [9.17, 15) is 14.9 Å². The SMILES string of the molecule is Cc1c(C=Cc2nc3ccc(I)cc3c(=O)n2-c2ccc([N+](=O)[O-])cc2)c2ccccc2n1Cc1ccccc1. The number of halogens is 1. The number of hydrogen-bond donors (Lipinski definition) is 0. The summed E-state index contributed by atoms with van der Waals surface area (Å²) in [6.45, 7) is 2.84. The lowest BCUT2D eigenvalue weighted by atomic mass is 10.1. The van der Waals surface area contributed by atoms with Crippen LogP contribution >= 0.6 is 22.6 Å². The van der Waals surface area contributed by atoms with Gasteiger partial charge in [-0.15, -0.1) is 0 Å². The molecule has 6 rings (SSSR count). The smallest absolute Gasteiger partial charge is 0.269 e. The standard InChI is InChI=1S/C32H23IN4O3/c1-21-26(27-9-5-6-10-30(27)35(21)20-22-7-3-2-4-8-22)16-18-31-34-29-17-11-23(33)19-28(29)32(38)36(31)24-12-14-25(15-13-24)37(39)40/h2-19H,20H2,1H3. The predicted molar refractivity (Wildman–Crippen MR) is 168 cm³/mol. The molecule has 196 valence electrons. The van der Waals surface area contributed by atoms with Gasteiger partial charge in [0.15, 0.2) is 0 Å². The Morgan fingerprint density at radius 1 is 0.900 bits per heavy atom. The summed E-state index contributed by atoms with van der Waals surface area (Å²) in [5, 5.41) is 12.8. The number of hydrogen-bond acceptors (Lipinski definition) is 4. The Labute approximate surface area is 243 Å². The first kappa shape index (κ1) is 25.7. The number of nitro benzene ring substituents is 1. The van der Waals surface area contributed by atoms with E-state index in [2.05, 4.69) is 58.3 Å². The molecular formula is C32H23IN4O3. The molecule has 0 N–H and O–H groups in total. The van der Waals surface area contributed by atoms with Gasteiger partial charge < -0.3 is 4.57 Å². The molecule has 0 saturated carbocycles. The number of para-hydroxylation sites is 1. The lowest BCUT2D eigenvalue weighted by molar-refractivity contribution is -0.384. The molecule has 0 fully saturated rings. The van der Waals surface area contributed by atoms with Crippen LogP contribution in [0.25, 0.3) is 39.6 Å². The van der Waals surface area contributed by atoms with Crippen LogP contribution in [0.2, 0.25) is 0 Å². The van der Waals surface area contributed by atoms with Crippen molar-refractivity contribution in [3.63, 3.8) is 0 Å². The van der Waals surface area contributed by atoms with Crippen molar-refractivity contribution in [2.75, 3.05) is 0 Å². The van der Waals surface area contributed by atoms with Crippen molar-refractivity contribution < 1.29 is 4.92 Å². The Morgan fingerprint density at radius 2 is 1.62 bits per heavy atom. The minimum absolute atomic E-state index is 0.0426. The van der Waals surface area contributed by atoms with Crippen LogP contribution in [0.15, 0.2) is 102 Å². The lowest BCUT2D eigenvalue weighted by Crippen LogP contribution is -2.22. The molecule has 0 amide bonds. The maximum atomic E-state index is 13.8. The molecule has 6 aromatic rings. The summed E-state index contributed by atoms with van der Waals surface area (Å²) in [7, 11) is 0. The topological polar surface area (TPSA) is 83.0 Å². The Kier molecular flexibility index (Phi) is 6.77. The predicted octanol–water partition coefficient (Wildman–Crippen LogP) is 7.38. The molecule has 0 aliphatic heterocycles. The maximum Gasteiger partial charge on any atom is 0.269 e. The Morgan fingerprint density at radius 3 is 2.38 bits per heavy atom. The van der Waals surface area contributed by atoms with E-state index >= 15 is 0 Å². The molecule has 0 unspecified atom stereocenters. The fourth-order valence-corrected chi connectivity index (χ4v) is 5.55. The highest BCUT2D eigenvalue weighted by Gasteiger charge is 2.15. The third-order valence-electron chi connectivity index (χ3n) is 7.04. The molecule has 4 aromatic carbocycles. The third kappa shape index (κ3) is 4.71. The van der Waals surface area contributed by atoms with Crippen LogP contribution in [0.5, 0.6) is 0 Å². The molecule has 40 heavy (non-hydrogen) atoms. The molecule has 0 radical (unpaired) electrons. The third-order valence-corrected chi connectivity index (χ3v) is 7.71. The average molecular weight is 638 g/mol. The highest BCUT2D eigenvalue weighted by molar-refractivity contribution is 14.1. The van der Waals surface area contributed by atoms with E-state index in [0.717, 1.165) is 32.3 Å². The van der Waals surface area contributed by atoms with E-state index in [-0.39, 0.29) is 11.2 Å². The zero-order valence-corrected chi connectivity index (χ0v) is 23.6. The summed E-state index contributed by atoms with van der Waals surface area (Å²) < 4.78 is 4.73. The van der Waals surface area contributed by atoms with Crippen molar-refractivity contribution in [1.29, 1.82) is 0 Å². The first-order chi connectivity index (χ1) is 19.4. The van der Waals surface area contributed by atoms with Gasteiger partial charge in [-0.2, -0.15) is 0 Å². The fraction of sp³-hybridized carbons (Fsp3) is 0.0625. The summed E-state index contributed by atoms with van der Waals surface area (Å²) >= 11 is 2.17. The van der Waals surface area contributed by atoms with Crippen molar-refractivity contribution in [3.8, 4) is 5.69 Å². The average Bonchev–Trinajstić information content (AvgIpc) is 3.23. The Balaban J connectivity index is 1.52. The molecule has 0 aliphatic carbocycles. The minimum atomic E-state index is -0.456. The second-order valence-electron chi connectivity index (χ2n) is 9.47. The summed E-state index contributed by atoms with van der Waals surface area (Å²) in [5.74, 6) is 0.437. The normalized spacial score (nSPS) is 11.6. The summed E-state index contributed by atoms with van der Waals surface area (Å²) in [6.07, 6.45) is 3.85. The first-order valence-corrected chi connectivity index (χ1v) is 13.8. The maximum absolute atomic E-state index is 13.8. The van der Waals surface area contributed by atoms with Crippen molar-refractivity contribution in [2.45, 2.75) is 13.5 Å². The van der Waals surface area contributed by atoms with Gasteiger partial charge in [0.2, 0.25) is 0 Å². The second kappa shape index (κ2) is 10.5. The first-order valence-electron chi connectivity index (χ1n) is 12.7. The monoisotopic (exact) mass is 638 g/mol. The lowest BCUT2D eigenvalue weighted by Gasteiger charge is -2.12. The van der Waals surface area contributed by atoms with Gasteiger partial charge in [0.05, 0.1) is 21.5 Å². The van der Waals surface area contributed by atoms with E-state index in [0.29, 0.717) is 22.4 Å². The van der Waals surface area contributed by atoms with Crippen molar-refractivity contribution in [1.82, 2.24) is 14.1 Å². The van der Waals surface area contributed by atoms with Gasteiger partial charge in [-0.1, -0.05) is 48.5 Å². The summed E-state index contributed by atoms with van der Waals surface area (Å²) in [5.41, 5.74) is 5.29. The Bertz CT molecular complexity index is 1990.